The maximum Gasteiger partial charge on any atom is 1.00 e. The van der Waals surface area contributed by atoms with Crippen molar-refractivity contribution in [3.63, 3.8) is 0 Å². The second kappa shape index (κ2) is 6.36. The molecule has 0 bridgehead atoms. The van der Waals surface area contributed by atoms with Gasteiger partial charge >= 0.3 is 51.4 Å². The van der Waals surface area contributed by atoms with E-state index in [4.69, 9.17) is 0 Å². The zero-order valence-electron chi connectivity index (χ0n) is 9.77. The van der Waals surface area contributed by atoms with Gasteiger partial charge in [0.05, 0.1) is 0 Å². The monoisotopic (exact) mass is 255 g/mol. The first-order chi connectivity index (χ1) is 7.15. The number of piperidine rings is 1. The van der Waals surface area contributed by atoms with Gasteiger partial charge in [-0.05, 0) is 36.7 Å². The summed E-state index contributed by atoms with van der Waals surface area (Å²) in [5.74, 6) is 0. The molecule has 0 aromatic heterocycles. The third kappa shape index (κ3) is 3.83. The molecular weight excluding hydrogens is 239 g/mol. The van der Waals surface area contributed by atoms with E-state index < -0.39 is 6.08 Å². The van der Waals surface area contributed by atoms with Gasteiger partial charge in [-0.2, -0.15) is 8.78 Å². The van der Waals surface area contributed by atoms with Crippen LogP contribution in [0.3, 0.4) is 0 Å². The van der Waals surface area contributed by atoms with E-state index in [1.54, 1.807) is 0 Å². The minimum atomic E-state index is -1.50. The maximum absolute atomic E-state index is 12.3. The van der Waals surface area contributed by atoms with E-state index in [1.807, 2.05) is 0 Å². The summed E-state index contributed by atoms with van der Waals surface area (Å²) in [7, 11) is 0. The van der Waals surface area contributed by atoms with Crippen LogP contribution < -0.4 is 56.5 Å². The molecule has 0 amide bonds. The van der Waals surface area contributed by atoms with E-state index in [2.05, 4.69) is 4.90 Å². The van der Waals surface area contributed by atoms with Crippen LogP contribution in [0, 0.1) is 5.41 Å². The van der Waals surface area contributed by atoms with Crippen LogP contribution in [0.1, 0.15) is 25.7 Å². The first-order valence-corrected chi connectivity index (χ1v) is 5.49. The molecule has 16 heavy (non-hydrogen) atoms. The molecule has 86 valence electrons. The summed E-state index contributed by atoms with van der Waals surface area (Å²) in [6, 6.07) is 0. The second-order valence-corrected chi connectivity index (χ2v) is 4.78. The minimum absolute atomic E-state index is 0. The predicted octanol–water partition coefficient (Wildman–Crippen LogP) is -1.62. The largest absolute Gasteiger partial charge is 1.00 e. The van der Waals surface area contributed by atoms with Crippen molar-refractivity contribution in [2.24, 2.45) is 5.41 Å². The molecule has 1 heterocycles. The summed E-state index contributed by atoms with van der Waals surface area (Å²) < 4.78 is 24.6. The fourth-order valence-corrected chi connectivity index (χ4v) is 2.17. The van der Waals surface area contributed by atoms with E-state index in [-0.39, 0.29) is 63.4 Å². The van der Waals surface area contributed by atoms with Gasteiger partial charge in [0.25, 0.3) is 6.08 Å². The van der Waals surface area contributed by atoms with Gasteiger partial charge in [0.1, 0.15) is 0 Å². The first-order valence-electron chi connectivity index (χ1n) is 5.49. The Morgan fingerprint density at radius 3 is 2.19 bits per heavy atom. The van der Waals surface area contributed by atoms with Crippen molar-refractivity contribution in [2.45, 2.75) is 25.7 Å². The van der Waals surface area contributed by atoms with Crippen LogP contribution >= 0.6 is 0 Å². The molecule has 2 rings (SSSR count). The first kappa shape index (κ1) is 15.2. The zero-order valence-corrected chi connectivity index (χ0v) is 12.9. The topological polar surface area (TPSA) is 26.3 Å². The van der Waals surface area contributed by atoms with E-state index >= 15 is 0 Å². The third-order valence-electron chi connectivity index (χ3n) is 3.55. The summed E-state index contributed by atoms with van der Waals surface area (Å²) in [6.07, 6.45) is 1.48. The Kier molecular flexibility index (Phi) is 6.05. The van der Waals surface area contributed by atoms with Crippen molar-refractivity contribution in [1.82, 2.24) is 4.90 Å². The molecular formula is C11H16F2KNO. The number of hydrogen-bond donors (Lipinski definition) is 0. The standard InChI is InChI=1S/C11H16F2NO.K/c12-10(13)9-1-5-14(6-2-9)7-11(8-15)3-4-11;/h1-8H2;/q-1;+1. The van der Waals surface area contributed by atoms with Crippen LogP contribution in [0.5, 0.6) is 0 Å². The van der Waals surface area contributed by atoms with Crippen LogP contribution in [-0.4, -0.2) is 31.1 Å². The fourth-order valence-electron chi connectivity index (χ4n) is 2.17. The van der Waals surface area contributed by atoms with E-state index in [1.165, 1.54) is 0 Å². The number of likely N-dealkylation sites (tertiary alicyclic amines) is 1. The Morgan fingerprint density at radius 2 is 1.81 bits per heavy atom. The summed E-state index contributed by atoms with van der Waals surface area (Å²) in [5.41, 5.74) is 0.299. The molecule has 0 aromatic carbocycles. The van der Waals surface area contributed by atoms with Crippen molar-refractivity contribution in [3.05, 3.63) is 11.7 Å². The zero-order chi connectivity index (χ0) is 10.9. The molecule has 1 saturated heterocycles. The molecule has 0 atom stereocenters. The van der Waals surface area contributed by atoms with Crippen LogP contribution in [0.25, 0.3) is 0 Å². The van der Waals surface area contributed by atoms with Crippen LogP contribution in [0.15, 0.2) is 11.7 Å². The predicted molar refractivity (Wildman–Crippen MR) is 51.5 cm³/mol. The number of rotatable bonds is 3. The Labute approximate surface area is 137 Å². The molecule has 1 saturated carbocycles. The third-order valence-corrected chi connectivity index (χ3v) is 3.55. The molecule has 2 aliphatic rings. The SMILES string of the molecule is [K+].[O-]CC1(CN2CCC(=C(F)F)CC2)CC1. The summed E-state index contributed by atoms with van der Waals surface area (Å²) in [5, 5.41) is 10.9. The molecule has 0 N–H and O–H groups in total. The van der Waals surface area contributed by atoms with Gasteiger partial charge in [0.2, 0.25) is 0 Å². The Morgan fingerprint density at radius 1 is 1.25 bits per heavy atom. The van der Waals surface area contributed by atoms with Crippen molar-refractivity contribution >= 4 is 0 Å². The second-order valence-electron chi connectivity index (χ2n) is 4.78. The molecule has 0 unspecified atom stereocenters. The van der Waals surface area contributed by atoms with Gasteiger partial charge in [-0.15, -0.1) is 6.61 Å². The molecule has 0 spiro atoms. The van der Waals surface area contributed by atoms with Crippen molar-refractivity contribution in [3.8, 4) is 0 Å². The molecule has 0 aromatic rings. The van der Waals surface area contributed by atoms with Gasteiger partial charge in [-0.1, -0.05) is 0 Å². The van der Waals surface area contributed by atoms with Gasteiger partial charge in [-0.25, -0.2) is 0 Å². The average Bonchev–Trinajstić information content (AvgIpc) is 2.99. The molecule has 0 radical (unpaired) electrons. The maximum atomic E-state index is 12.3. The van der Waals surface area contributed by atoms with Gasteiger partial charge < -0.3 is 10.0 Å². The van der Waals surface area contributed by atoms with Crippen LogP contribution in [0.4, 0.5) is 8.78 Å². The summed E-state index contributed by atoms with van der Waals surface area (Å²) in [6.45, 7) is 2.18. The normalized spacial score (nSPS) is 23.8. The Bertz CT molecular complexity index is 265. The van der Waals surface area contributed by atoms with Gasteiger partial charge in [0, 0.05) is 19.6 Å². The molecule has 1 aliphatic heterocycles. The molecule has 5 heteroatoms. The van der Waals surface area contributed by atoms with Crippen molar-refractivity contribution < 1.29 is 65.3 Å². The van der Waals surface area contributed by atoms with Gasteiger partial charge in [0.15, 0.2) is 0 Å². The minimum Gasteiger partial charge on any atom is -0.854 e. The van der Waals surface area contributed by atoms with Crippen LogP contribution in [0.2, 0.25) is 0 Å². The number of hydrogen-bond acceptors (Lipinski definition) is 2. The number of nitrogens with zero attached hydrogens (tertiary/aromatic N) is 1. The van der Waals surface area contributed by atoms with E-state index in [0.717, 1.165) is 19.4 Å². The van der Waals surface area contributed by atoms with E-state index in [0.29, 0.717) is 31.5 Å². The fraction of sp³-hybridized carbons (Fsp3) is 0.818. The van der Waals surface area contributed by atoms with Crippen molar-refractivity contribution in [1.29, 1.82) is 0 Å². The Balaban J connectivity index is 0.00000128. The van der Waals surface area contributed by atoms with Gasteiger partial charge in [-0.3, -0.25) is 0 Å². The Hall–Kier alpha value is 1.16. The molecule has 2 fully saturated rings. The quantitative estimate of drug-likeness (QED) is 0.567. The van der Waals surface area contributed by atoms with Crippen molar-refractivity contribution in [2.75, 3.05) is 26.2 Å². The molecule has 1 aliphatic carbocycles. The molecule has 2 nitrogen and oxygen atoms in total. The number of halogens is 2. The smallest absolute Gasteiger partial charge is 0.854 e. The summed E-state index contributed by atoms with van der Waals surface area (Å²) >= 11 is 0. The average molecular weight is 255 g/mol. The summed E-state index contributed by atoms with van der Waals surface area (Å²) in [4.78, 5) is 2.16. The van der Waals surface area contributed by atoms with Crippen LogP contribution in [-0.2, 0) is 0 Å². The van der Waals surface area contributed by atoms with E-state index in [9.17, 15) is 13.9 Å².